The summed E-state index contributed by atoms with van der Waals surface area (Å²) in [4.78, 5) is 0. The molecule has 17 heavy (non-hydrogen) atoms. The van der Waals surface area contributed by atoms with Crippen LogP contribution in [0.1, 0.15) is 52.9 Å². The standard InChI is InChI=1S/C15H27NO/c1-14(2)12(11-6-4-9-17-13(11)14)16-10-15(3)7-5-8-15/h11-13,16H,4-10H2,1-3H3. The highest BCUT2D eigenvalue weighted by Gasteiger charge is 2.57. The van der Waals surface area contributed by atoms with Crippen LogP contribution in [0.2, 0.25) is 0 Å². The number of rotatable bonds is 3. The van der Waals surface area contributed by atoms with E-state index in [1.54, 1.807) is 0 Å². The molecule has 0 radical (unpaired) electrons. The SMILES string of the molecule is CC1(CNC2C3CCCOC3C2(C)C)CCC1. The molecule has 0 aromatic rings. The largest absolute Gasteiger partial charge is 0.377 e. The normalized spacial score (nSPS) is 42.2. The van der Waals surface area contributed by atoms with E-state index < -0.39 is 0 Å². The van der Waals surface area contributed by atoms with Crippen LogP contribution >= 0.6 is 0 Å². The highest BCUT2D eigenvalue weighted by Crippen LogP contribution is 2.51. The number of ether oxygens (including phenoxy) is 1. The van der Waals surface area contributed by atoms with Crippen molar-refractivity contribution in [2.24, 2.45) is 16.7 Å². The van der Waals surface area contributed by atoms with Gasteiger partial charge in [0.2, 0.25) is 0 Å². The van der Waals surface area contributed by atoms with E-state index in [1.807, 2.05) is 0 Å². The van der Waals surface area contributed by atoms with E-state index in [0.29, 0.717) is 23.0 Å². The molecule has 2 heteroatoms. The molecule has 1 heterocycles. The quantitative estimate of drug-likeness (QED) is 0.815. The second kappa shape index (κ2) is 3.96. The van der Waals surface area contributed by atoms with Gasteiger partial charge in [-0.15, -0.1) is 0 Å². The molecule has 98 valence electrons. The van der Waals surface area contributed by atoms with Crippen molar-refractivity contribution in [3.8, 4) is 0 Å². The summed E-state index contributed by atoms with van der Waals surface area (Å²) in [7, 11) is 0. The van der Waals surface area contributed by atoms with Crippen molar-refractivity contribution < 1.29 is 4.74 Å². The molecule has 3 atom stereocenters. The Hall–Kier alpha value is -0.0800. The molecule has 3 unspecified atom stereocenters. The zero-order valence-electron chi connectivity index (χ0n) is 11.6. The van der Waals surface area contributed by atoms with Gasteiger partial charge in [0.15, 0.2) is 0 Å². The van der Waals surface area contributed by atoms with Gasteiger partial charge >= 0.3 is 0 Å². The Labute approximate surface area is 105 Å². The van der Waals surface area contributed by atoms with Gasteiger partial charge in [0, 0.05) is 30.5 Å². The summed E-state index contributed by atoms with van der Waals surface area (Å²) in [6.07, 6.45) is 7.40. The molecule has 2 nitrogen and oxygen atoms in total. The van der Waals surface area contributed by atoms with Crippen LogP contribution in [0.4, 0.5) is 0 Å². The highest BCUT2D eigenvalue weighted by atomic mass is 16.5. The summed E-state index contributed by atoms with van der Waals surface area (Å²) in [6, 6.07) is 0.685. The Morgan fingerprint density at radius 2 is 1.94 bits per heavy atom. The molecule has 2 saturated carbocycles. The second-order valence-corrected chi connectivity index (χ2v) is 7.44. The topological polar surface area (TPSA) is 21.3 Å². The van der Waals surface area contributed by atoms with Crippen LogP contribution in [0, 0.1) is 16.7 Å². The molecule has 0 spiro atoms. The van der Waals surface area contributed by atoms with Gasteiger partial charge in [0.1, 0.15) is 0 Å². The lowest BCUT2D eigenvalue weighted by atomic mass is 9.55. The van der Waals surface area contributed by atoms with E-state index in [4.69, 9.17) is 4.74 Å². The lowest BCUT2D eigenvalue weighted by Gasteiger charge is -2.61. The monoisotopic (exact) mass is 237 g/mol. The van der Waals surface area contributed by atoms with Crippen molar-refractivity contribution in [3.05, 3.63) is 0 Å². The first-order valence-corrected chi connectivity index (χ1v) is 7.38. The van der Waals surface area contributed by atoms with Gasteiger partial charge in [0.25, 0.3) is 0 Å². The van der Waals surface area contributed by atoms with Gasteiger partial charge in [-0.1, -0.05) is 27.2 Å². The van der Waals surface area contributed by atoms with Crippen molar-refractivity contribution in [2.75, 3.05) is 13.2 Å². The minimum absolute atomic E-state index is 0.338. The molecule has 1 aliphatic heterocycles. The Morgan fingerprint density at radius 1 is 1.18 bits per heavy atom. The minimum atomic E-state index is 0.338. The van der Waals surface area contributed by atoms with E-state index >= 15 is 0 Å². The van der Waals surface area contributed by atoms with Gasteiger partial charge in [-0.05, 0) is 31.1 Å². The van der Waals surface area contributed by atoms with Crippen LogP contribution < -0.4 is 5.32 Å². The van der Waals surface area contributed by atoms with Gasteiger partial charge < -0.3 is 10.1 Å². The van der Waals surface area contributed by atoms with Crippen molar-refractivity contribution >= 4 is 0 Å². The maximum absolute atomic E-state index is 5.95. The molecule has 3 fully saturated rings. The molecule has 0 amide bonds. The Balaban J connectivity index is 1.59. The lowest BCUT2D eigenvalue weighted by Crippen LogP contribution is -2.70. The molecule has 3 rings (SSSR count). The average Bonchev–Trinajstić information content (AvgIpc) is 2.27. The number of nitrogens with one attached hydrogen (secondary N) is 1. The van der Waals surface area contributed by atoms with Crippen LogP contribution in [0.5, 0.6) is 0 Å². The van der Waals surface area contributed by atoms with Crippen molar-refractivity contribution in [1.29, 1.82) is 0 Å². The number of hydrogen-bond acceptors (Lipinski definition) is 2. The molecule has 0 aromatic carbocycles. The smallest absolute Gasteiger partial charge is 0.0684 e. The van der Waals surface area contributed by atoms with Crippen LogP contribution in [0.15, 0.2) is 0 Å². The third-order valence-corrected chi connectivity index (χ3v) is 5.64. The molecular weight excluding hydrogens is 210 g/mol. The predicted octanol–water partition coefficient (Wildman–Crippen LogP) is 2.97. The van der Waals surface area contributed by atoms with Gasteiger partial charge in [0.05, 0.1) is 6.10 Å². The number of hydrogen-bond donors (Lipinski definition) is 1. The minimum Gasteiger partial charge on any atom is -0.377 e. The van der Waals surface area contributed by atoms with Crippen molar-refractivity contribution in [2.45, 2.75) is 65.0 Å². The van der Waals surface area contributed by atoms with Crippen LogP contribution in [0.25, 0.3) is 0 Å². The molecular formula is C15H27NO. The third kappa shape index (κ3) is 1.84. The van der Waals surface area contributed by atoms with Crippen LogP contribution in [-0.2, 0) is 4.74 Å². The maximum Gasteiger partial charge on any atom is 0.0684 e. The summed E-state index contributed by atoms with van der Waals surface area (Å²) in [5.74, 6) is 0.780. The molecule has 1 saturated heterocycles. The summed E-state index contributed by atoms with van der Waals surface area (Å²) >= 11 is 0. The molecule has 0 bridgehead atoms. The fraction of sp³-hybridized carbons (Fsp3) is 1.00. The van der Waals surface area contributed by atoms with Gasteiger partial charge in [-0.3, -0.25) is 0 Å². The van der Waals surface area contributed by atoms with E-state index in [9.17, 15) is 0 Å². The Kier molecular flexibility index (Phi) is 2.79. The fourth-order valence-corrected chi connectivity index (χ4v) is 4.25. The van der Waals surface area contributed by atoms with Gasteiger partial charge in [-0.25, -0.2) is 0 Å². The predicted molar refractivity (Wildman–Crippen MR) is 70.0 cm³/mol. The molecule has 1 N–H and O–H groups in total. The highest BCUT2D eigenvalue weighted by molar-refractivity contribution is 5.10. The van der Waals surface area contributed by atoms with Crippen molar-refractivity contribution in [3.63, 3.8) is 0 Å². The van der Waals surface area contributed by atoms with E-state index in [1.165, 1.54) is 38.6 Å². The zero-order chi connectivity index (χ0) is 12.1. The van der Waals surface area contributed by atoms with Crippen LogP contribution in [-0.4, -0.2) is 25.3 Å². The zero-order valence-corrected chi connectivity index (χ0v) is 11.6. The molecule has 2 aliphatic carbocycles. The first-order valence-electron chi connectivity index (χ1n) is 7.38. The summed E-state index contributed by atoms with van der Waals surface area (Å²) < 4.78 is 5.95. The first kappa shape index (κ1) is 12.0. The summed E-state index contributed by atoms with van der Waals surface area (Å²) in [6.45, 7) is 9.38. The third-order valence-electron chi connectivity index (χ3n) is 5.64. The van der Waals surface area contributed by atoms with Gasteiger partial charge in [-0.2, -0.15) is 0 Å². The van der Waals surface area contributed by atoms with E-state index in [0.717, 1.165) is 12.5 Å². The van der Waals surface area contributed by atoms with Crippen molar-refractivity contribution in [1.82, 2.24) is 5.32 Å². The lowest BCUT2D eigenvalue weighted by molar-refractivity contribution is -0.194. The average molecular weight is 237 g/mol. The molecule has 0 aromatic heterocycles. The second-order valence-electron chi connectivity index (χ2n) is 7.44. The fourth-order valence-electron chi connectivity index (χ4n) is 4.25. The maximum atomic E-state index is 5.95. The van der Waals surface area contributed by atoms with Crippen LogP contribution in [0.3, 0.4) is 0 Å². The Bertz CT molecular complexity index is 295. The molecule has 3 aliphatic rings. The van der Waals surface area contributed by atoms with E-state index in [2.05, 4.69) is 26.1 Å². The number of fused-ring (bicyclic) bond motifs is 1. The first-order chi connectivity index (χ1) is 8.03. The van der Waals surface area contributed by atoms with E-state index in [-0.39, 0.29) is 0 Å². The summed E-state index contributed by atoms with van der Waals surface area (Å²) in [5, 5.41) is 3.87. The Morgan fingerprint density at radius 3 is 2.59 bits per heavy atom. The summed E-state index contributed by atoms with van der Waals surface area (Å²) in [5.41, 5.74) is 0.932.